The van der Waals surface area contributed by atoms with E-state index in [-0.39, 0.29) is 17.6 Å². The molecule has 33 heavy (non-hydrogen) atoms. The summed E-state index contributed by atoms with van der Waals surface area (Å²) < 4.78 is 20.6. The number of ether oxygens (including phenoxy) is 1. The quantitative estimate of drug-likeness (QED) is 0.453. The van der Waals surface area contributed by atoms with Crippen LogP contribution in [0.3, 0.4) is 0 Å². The molecule has 0 radical (unpaired) electrons. The van der Waals surface area contributed by atoms with Gasteiger partial charge in [-0.1, -0.05) is 18.2 Å². The van der Waals surface area contributed by atoms with Gasteiger partial charge in [-0.3, -0.25) is 14.7 Å². The van der Waals surface area contributed by atoms with Crippen molar-refractivity contribution in [2.75, 3.05) is 31.1 Å². The highest BCUT2D eigenvalue weighted by atomic mass is 32.1. The Hall–Kier alpha value is -3.36. The highest BCUT2D eigenvalue weighted by Gasteiger charge is 2.38. The smallest absolute Gasteiger partial charge is 0.232 e. The van der Waals surface area contributed by atoms with E-state index in [1.54, 1.807) is 35.9 Å². The van der Waals surface area contributed by atoms with Gasteiger partial charge in [0.15, 0.2) is 5.75 Å². The number of halogens is 1. The van der Waals surface area contributed by atoms with Gasteiger partial charge in [0.1, 0.15) is 18.1 Å². The molecule has 4 heterocycles. The lowest BCUT2D eigenvalue weighted by molar-refractivity contribution is -0.128. The number of carbonyl (C=O) groups excluding carboxylic acids is 1. The number of aromatic nitrogens is 2. The summed E-state index contributed by atoms with van der Waals surface area (Å²) in [4.78, 5) is 26.1. The number of hydrogen-bond acceptors (Lipinski definition) is 6. The summed E-state index contributed by atoms with van der Waals surface area (Å²) in [6.07, 6.45) is 3.50. The van der Waals surface area contributed by atoms with E-state index in [0.717, 1.165) is 32.6 Å². The third-order valence-electron chi connectivity index (χ3n) is 6.24. The number of pyridine rings is 1. The van der Waals surface area contributed by atoms with Gasteiger partial charge < -0.3 is 9.64 Å². The van der Waals surface area contributed by atoms with E-state index in [1.807, 2.05) is 28.6 Å². The molecule has 0 atom stereocenters. The molecule has 4 aromatic rings. The van der Waals surface area contributed by atoms with Gasteiger partial charge in [-0.25, -0.2) is 9.37 Å². The number of nitrogens with zero attached hydrogens (tertiary/aromatic N) is 4. The number of likely N-dealkylation sites (tertiary alicyclic amines) is 1. The van der Waals surface area contributed by atoms with Crippen molar-refractivity contribution < 1.29 is 13.9 Å². The number of fused-ring (bicyclic) bond motifs is 2. The molecule has 6 rings (SSSR count). The Kier molecular flexibility index (Phi) is 5.04. The second-order valence-corrected chi connectivity index (χ2v) is 9.32. The highest BCUT2D eigenvalue weighted by molar-refractivity contribution is 7.16. The number of thiazole rings is 1. The molecule has 2 aliphatic heterocycles. The standard InChI is InChI=1S/C25H21FN4O2S/c26-19-3-1-2-16(8-19)12-29-13-18(14-29)25(31)30-6-7-32-24-20(10-27-11-22(24)30)17-4-5-21-23(9-17)33-15-28-21/h1-5,8-11,15,18H,6-7,12-14H2. The van der Waals surface area contributed by atoms with E-state index in [2.05, 4.69) is 20.9 Å². The van der Waals surface area contributed by atoms with Crippen LogP contribution >= 0.6 is 11.3 Å². The van der Waals surface area contributed by atoms with Gasteiger partial charge in [0.25, 0.3) is 0 Å². The van der Waals surface area contributed by atoms with Crippen molar-refractivity contribution in [1.82, 2.24) is 14.9 Å². The Morgan fingerprint density at radius 3 is 2.97 bits per heavy atom. The molecular formula is C25H21FN4O2S. The average molecular weight is 461 g/mol. The first kappa shape index (κ1) is 20.3. The summed E-state index contributed by atoms with van der Waals surface area (Å²) in [6, 6.07) is 12.7. The molecule has 0 unspecified atom stereocenters. The monoisotopic (exact) mass is 460 g/mol. The fourth-order valence-electron chi connectivity index (χ4n) is 4.57. The van der Waals surface area contributed by atoms with Crippen LogP contribution in [0, 0.1) is 11.7 Å². The van der Waals surface area contributed by atoms with Crippen molar-refractivity contribution in [2.45, 2.75) is 6.54 Å². The summed E-state index contributed by atoms with van der Waals surface area (Å²) in [6.45, 7) is 2.92. The Morgan fingerprint density at radius 1 is 1.18 bits per heavy atom. The number of hydrogen-bond donors (Lipinski definition) is 0. The van der Waals surface area contributed by atoms with Crippen LogP contribution in [-0.4, -0.2) is 47.0 Å². The average Bonchev–Trinajstić information content (AvgIpc) is 3.28. The Bertz CT molecular complexity index is 1350. The molecule has 8 heteroatoms. The van der Waals surface area contributed by atoms with Crippen LogP contribution in [0.2, 0.25) is 0 Å². The minimum Gasteiger partial charge on any atom is -0.489 e. The van der Waals surface area contributed by atoms with E-state index in [9.17, 15) is 9.18 Å². The first-order chi connectivity index (χ1) is 16.2. The maximum Gasteiger partial charge on any atom is 0.232 e. The van der Waals surface area contributed by atoms with Crippen LogP contribution in [0.5, 0.6) is 5.75 Å². The third kappa shape index (κ3) is 3.75. The third-order valence-corrected chi connectivity index (χ3v) is 7.03. The molecule has 166 valence electrons. The van der Waals surface area contributed by atoms with Gasteiger partial charge in [-0.15, -0.1) is 11.3 Å². The largest absolute Gasteiger partial charge is 0.489 e. The molecule has 0 bridgehead atoms. The normalized spacial score (nSPS) is 16.3. The van der Waals surface area contributed by atoms with Gasteiger partial charge in [0.05, 0.1) is 34.4 Å². The summed E-state index contributed by atoms with van der Waals surface area (Å²) >= 11 is 1.59. The predicted molar refractivity (Wildman–Crippen MR) is 126 cm³/mol. The maximum absolute atomic E-state index is 13.4. The fraction of sp³-hybridized carbons (Fsp3) is 0.240. The van der Waals surface area contributed by atoms with Gasteiger partial charge in [0.2, 0.25) is 5.91 Å². The molecule has 6 nitrogen and oxygen atoms in total. The van der Waals surface area contributed by atoms with Crippen LogP contribution in [0.1, 0.15) is 5.56 Å². The summed E-state index contributed by atoms with van der Waals surface area (Å²) in [5, 5.41) is 0. The van der Waals surface area contributed by atoms with Crippen LogP contribution in [0.15, 0.2) is 60.4 Å². The lowest BCUT2D eigenvalue weighted by Crippen LogP contribution is -2.55. The van der Waals surface area contributed by atoms with Crippen LogP contribution in [-0.2, 0) is 11.3 Å². The zero-order chi connectivity index (χ0) is 22.4. The molecule has 0 N–H and O–H groups in total. The van der Waals surface area contributed by atoms with Gasteiger partial charge in [-0.2, -0.15) is 0 Å². The molecule has 0 spiro atoms. The van der Waals surface area contributed by atoms with Crippen molar-refractivity contribution in [1.29, 1.82) is 0 Å². The molecule has 1 fully saturated rings. The highest BCUT2D eigenvalue weighted by Crippen LogP contribution is 2.41. The molecule has 0 aliphatic carbocycles. The molecule has 1 saturated heterocycles. The van der Waals surface area contributed by atoms with Crippen molar-refractivity contribution in [3.63, 3.8) is 0 Å². The minimum absolute atomic E-state index is 0.0818. The summed E-state index contributed by atoms with van der Waals surface area (Å²) in [5.74, 6) is 0.474. The lowest BCUT2D eigenvalue weighted by Gasteiger charge is -2.41. The van der Waals surface area contributed by atoms with Gasteiger partial charge in [0, 0.05) is 31.4 Å². The van der Waals surface area contributed by atoms with Crippen LogP contribution in [0.4, 0.5) is 10.1 Å². The molecule has 2 aromatic heterocycles. The molecule has 2 aromatic carbocycles. The summed E-state index contributed by atoms with van der Waals surface area (Å²) in [7, 11) is 0. The summed E-state index contributed by atoms with van der Waals surface area (Å²) in [5.41, 5.74) is 6.31. The minimum atomic E-state index is -0.233. The van der Waals surface area contributed by atoms with Crippen molar-refractivity contribution in [3.8, 4) is 16.9 Å². The van der Waals surface area contributed by atoms with Crippen molar-refractivity contribution in [3.05, 3.63) is 71.7 Å². The van der Waals surface area contributed by atoms with E-state index in [1.165, 1.54) is 6.07 Å². The number of anilines is 1. The maximum atomic E-state index is 13.4. The zero-order valence-electron chi connectivity index (χ0n) is 17.8. The SMILES string of the molecule is O=C(C1CN(Cc2cccc(F)c2)C1)N1CCOc2c(-c3ccc4ncsc4c3)cncc21. The number of benzene rings is 2. The van der Waals surface area contributed by atoms with Crippen molar-refractivity contribution in [2.24, 2.45) is 5.92 Å². The van der Waals surface area contributed by atoms with Crippen LogP contribution in [0.25, 0.3) is 21.3 Å². The van der Waals surface area contributed by atoms with Crippen molar-refractivity contribution >= 4 is 33.1 Å². The van der Waals surface area contributed by atoms with E-state index in [4.69, 9.17) is 4.74 Å². The second kappa shape index (κ2) is 8.20. The Labute approximate surface area is 194 Å². The number of carbonyl (C=O) groups is 1. The fourth-order valence-corrected chi connectivity index (χ4v) is 5.28. The van der Waals surface area contributed by atoms with E-state index in [0.29, 0.717) is 38.5 Å². The molecule has 2 aliphatic rings. The Balaban J connectivity index is 1.21. The first-order valence-electron chi connectivity index (χ1n) is 10.9. The lowest BCUT2D eigenvalue weighted by atomic mass is 9.96. The van der Waals surface area contributed by atoms with E-state index < -0.39 is 0 Å². The number of amides is 1. The molecule has 0 saturated carbocycles. The second-order valence-electron chi connectivity index (χ2n) is 8.43. The zero-order valence-corrected chi connectivity index (χ0v) is 18.6. The predicted octanol–water partition coefficient (Wildman–Crippen LogP) is 4.35. The van der Waals surface area contributed by atoms with Gasteiger partial charge in [-0.05, 0) is 35.4 Å². The van der Waals surface area contributed by atoms with E-state index >= 15 is 0 Å². The van der Waals surface area contributed by atoms with Gasteiger partial charge >= 0.3 is 0 Å². The van der Waals surface area contributed by atoms with Crippen LogP contribution < -0.4 is 9.64 Å². The topological polar surface area (TPSA) is 58.6 Å². The first-order valence-corrected chi connectivity index (χ1v) is 11.8. The molecular weight excluding hydrogens is 439 g/mol. The molecule has 1 amide bonds. The Morgan fingerprint density at radius 2 is 2.09 bits per heavy atom. The number of rotatable bonds is 4.